The lowest BCUT2D eigenvalue weighted by Crippen LogP contribution is -2.49. The SMILES string of the molecule is CCS(=O)(=O)NCCN(C1CCC(C)CC1)C1CCC(O)CC1. The van der Waals surface area contributed by atoms with Crippen molar-refractivity contribution < 1.29 is 13.5 Å². The summed E-state index contributed by atoms with van der Waals surface area (Å²) < 4.78 is 26.0. The van der Waals surface area contributed by atoms with E-state index in [4.69, 9.17) is 0 Å². The van der Waals surface area contributed by atoms with Gasteiger partial charge in [0.25, 0.3) is 0 Å². The average molecular weight is 347 g/mol. The van der Waals surface area contributed by atoms with Crippen molar-refractivity contribution >= 4 is 10.0 Å². The van der Waals surface area contributed by atoms with Crippen LogP contribution in [0.2, 0.25) is 0 Å². The summed E-state index contributed by atoms with van der Waals surface area (Å²) in [6.45, 7) is 5.29. The molecule has 2 saturated carbocycles. The molecule has 23 heavy (non-hydrogen) atoms. The Kier molecular flexibility index (Phi) is 7.32. The van der Waals surface area contributed by atoms with Crippen LogP contribution in [0.3, 0.4) is 0 Å². The van der Waals surface area contributed by atoms with E-state index in [-0.39, 0.29) is 11.9 Å². The largest absolute Gasteiger partial charge is 0.393 e. The van der Waals surface area contributed by atoms with Gasteiger partial charge >= 0.3 is 0 Å². The number of rotatable bonds is 7. The van der Waals surface area contributed by atoms with Gasteiger partial charge in [-0.15, -0.1) is 0 Å². The van der Waals surface area contributed by atoms with E-state index in [1.54, 1.807) is 6.92 Å². The standard InChI is InChI=1S/C17H34N2O3S/c1-3-23(21,22)18-12-13-19(15-6-4-14(2)5-7-15)16-8-10-17(20)11-9-16/h14-18,20H,3-13H2,1-2H3. The molecular weight excluding hydrogens is 312 g/mol. The van der Waals surface area contributed by atoms with Gasteiger partial charge in [-0.1, -0.05) is 6.92 Å². The summed E-state index contributed by atoms with van der Waals surface area (Å²) in [6, 6.07) is 1.08. The first-order valence-corrected chi connectivity index (χ1v) is 11.0. The second kappa shape index (κ2) is 8.79. The highest BCUT2D eigenvalue weighted by Crippen LogP contribution is 2.32. The van der Waals surface area contributed by atoms with Crippen LogP contribution in [-0.2, 0) is 10.0 Å². The van der Waals surface area contributed by atoms with E-state index in [2.05, 4.69) is 16.5 Å². The second-order valence-corrected chi connectivity index (χ2v) is 9.51. The van der Waals surface area contributed by atoms with Crippen LogP contribution in [0.1, 0.15) is 65.2 Å². The molecule has 0 aliphatic heterocycles. The van der Waals surface area contributed by atoms with Crippen LogP contribution in [0.5, 0.6) is 0 Å². The number of nitrogens with zero attached hydrogens (tertiary/aromatic N) is 1. The molecule has 0 aromatic carbocycles. The molecule has 0 heterocycles. The minimum Gasteiger partial charge on any atom is -0.393 e. The molecule has 0 aromatic heterocycles. The second-order valence-electron chi connectivity index (χ2n) is 7.41. The molecule has 0 atom stereocenters. The molecule has 2 aliphatic carbocycles. The summed E-state index contributed by atoms with van der Waals surface area (Å²) in [4.78, 5) is 2.55. The highest BCUT2D eigenvalue weighted by atomic mass is 32.2. The number of hydrogen-bond donors (Lipinski definition) is 2. The Labute approximate surface area is 141 Å². The van der Waals surface area contributed by atoms with Crippen LogP contribution in [0.4, 0.5) is 0 Å². The van der Waals surface area contributed by atoms with Crippen LogP contribution in [-0.4, -0.2) is 55.5 Å². The van der Waals surface area contributed by atoms with Gasteiger partial charge in [0.2, 0.25) is 10.0 Å². The number of sulfonamides is 1. The van der Waals surface area contributed by atoms with Gasteiger partial charge in [-0.25, -0.2) is 13.1 Å². The summed E-state index contributed by atoms with van der Waals surface area (Å²) in [5, 5.41) is 9.76. The monoisotopic (exact) mass is 346 g/mol. The lowest BCUT2D eigenvalue weighted by molar-refractivity contribution is 0.0381. The summed E-state index contributed by atoms with van der Waals surface area (Å²) >= 11 is 0. The fraction of sp³-hybridized carbons (Fsp3) is 1.00. The molecule has 2 aliphatic rings. The third-order valence-electron chi connectivity index (χ3n) is 5.66. The normalized spacial score (nSPS) is 33.0. The van der Waals surface area contributed by atoms with Gasteiger partial charge in [-0.05, 0) is 64.2 Å². The zero-order valence-electron chi connectivity index (χ0n) is 14.7. The van der Waals surface area contributed by atoms with E-state index in [0.29, 0.717) is 18.6 Å². The zero-order chi connectivity index (χ0) is 16.9. The predicted octanol–water partition coefficient (Wildman–Crippen LogP) is 2.11. The summed E-state index contributed by atoms with van der Waals surface area (Å²) in [7, 11) is -3.11. The Bertz CT molecular complexity index is 417. The van der Waals surface area contributed by atoms with Gasteiger partial charge in [0.15, 0.2) is 0 Å². The van der Waals surface area contributed by atoms with Crippen LogP contribution in [0.25, 0.3) is 0 Å². The quantitative estimate of drug-likeness (QED) is 0.741. The van der Waals surface area contributed by atoms with Crippen LogP contribution in [0, 0.1) is 5.92 Å². The van der Waals surface area contributed by atoms with Crippen molar-refractivity contribution in [2.24, 2.45) is 5.92 Å². The lowest BCUT2D eigenvalue weighted by atomic mass is 9.84. The molecular formula is C17H34N2O3S. The molecule has 5 nitrogen and oxygen atoms in total. The molecule has 2 N–H and O–H groups in total. The smallest absolute Gasteiger partial charge is 0.211 e. The Morgan fingerprint density at radius 3 is 2.04 bits per heavy atom. The molecule has 0 amide bonds. The molecule has 2 fully saturated rings. The minimum absolute atomic E-state index is 0.141. The molecule has 0 aromatic rings. The lowest BCUT2D eigenvalue weighted by Gasteiger charge is -2.43. The van der Waals surface area contributed by atoms with Gasteiger partial charge in [0.1, 0.15) is 0 Å². The highest BCUT2D eigenvalue weighted by Gasteiger charge is 2.31. The van der Waals surface area contributed by atoms with Crippen molar-refractivity contribution in [3.63, 3.8) is 0 Å². The fourth-order valence-corrected chi connectivity index (χ4v) is 4.67. The van der Waals surface area contributed by atoms with Crippen molar-refractivity contribution in [2.75, 3.05) is 18.8 Å². The van der Waals surface area contributed by atoms with Crippen molar-refractivity contribution in [2.45, 2.75) is 83.4 Å². The third kappa shape index (κ3) is 6.00. The van der Waals surface area contributed by atoms with E-state index < -0.39 is 10.0 Å². The number of aliphatic hydroxyl groups is 1. The third-order valence-corrected chi connectivity index (χ3v) is 7.07. The molecule has 0 saturated heterocycles. The van der Waals surface area contributed by atoms with E-state index in [1.165, 1.54) is 25.7 Å². The van der Waals surface area contributed by atoms with Crippen molar-refractivity contribution in [3.05, 3.63) is 0 Å². The van der Waals surface area contributed by atoms with Crippen molar-refractivity contribution in [3.8, 4) is 0 Å². The summed E-state index contributed by atoms with van der Waals surface area (Å²) in [5.74, 6) is 0.962. The summed E-state index contributed by atoms with van der Waals surface area (Å²) in [6.07, 6.45) is 8.69. The Morgan fingerprint density at radius 1 is 1.00 bits per heavy atom. The molecule has 0 bridgehead atoms. The van der Waals surface area contributed by atoms with E-state index in [9.17, 15) is 13.5 Å². The Morgan fingerprint density at radius 2 is 1.52 bits per heavy atom. The Hall–Kier alpha value is -0.170. The predicted molar refractivity (Wildman–Crippen MR) is 93.9 cm³/mol. The maximum absolute atomic E-state index is 11.7. The van der Waals surface area contributed by atoms with E-state index >= 15 is 0 Å². The fourth-order valence-electron chi connectivity index (χ4n) is 4.06. The molecule has 6 heteroatoms. The van der Waals surface area contributed by atoms with Crippen molar-refractivity contribution in [1.29, 1.82) is 0 Å². The minimum atomic E-state index is -3.11. The highest BCUT2D eigenvalue weighted by molar-refractivity contribution is 7.89. The van der Waals surface area contributed by atoms with Gasteiger partial charge in [-0.2, -0.15) is 0 Å². The zero-order valence-corrected chi connectivity index (χ0v) is 15.5. The first-order chi connectivity index (χ1) is 10.9. The van der Waals surface area contributed by atoms with Crippen LogP contribution >= 0.6 is 0 Å². The number of aliphatic hydroxyl groups excluding tert-OH is 1. The van der Waals surface area contributed by atoms with Gasteiger partial charge in [-0.3, -0.25) is 4.90 Å². The maximum Gasteiger partial charge on any atom is 0.211 e. The molecule has 0 unspecified atom stereocenters. The first kappa shape index (κ1) is 19.2. The molecule has 136 valence electrons. The number of nitrogens with one attached hydrogen (secondary N) is 1. The van der Waals surface area contributed by atoms with E-state index in [1.807, 2.05) is 0 Å². The van der Waals surface area contributed by atoms with E-state index in [0.717, 1.165) is 38.1 Å². The molecule has 0 spiro atoms. The molecule has 0 radical (unpaired) electrons. The Balaban J connectivity index is 1.93. The van der Waals surface area contributed by atoms with Crippen molar-refractivity contribution in [1.82, 2.24) is 9.62 Å². The van der Waals surface area contributed by atoms with Crippen LogP contribution in [0.15, 0.2) is 0 Å². The van der Waals surface area contributed by atoms with Crippen LogP contribution < -0.4 is 4.72 Å². The van der Waals surface area contributed by atoms with Gasteiger partial charge in [0.05, 0.1) is 11.9 Å². The molecule has 2 rings (SSSR count). The number of hydrogen-bond acceptors (Lipinski definition) is 4. The van der Waals surface area contributed by atoms with Gasteiger partial charge < -0.3 is 5.11 Å². The summed E-state index contributed by atoms with van der Waals surface area (Å²) in [5.41, 5.74) is 0. The topological polar surface area (TPSA) is 69.6 Å². The maximum atomic E-state index is 11.7. The van der Waals surface area contributed by atoms with Gasteiger partial charge in [0, 0.05) is 25.2 Å². The first-order valence-electron chi connectivity index (χ1n) is 9.32. The average Bonchev–Trinajstić information content (AvgIpc) is 2.54.